The molecule has 0 heterocycles. The molecule has 3 rings (SSSR count). The van der Waals surface area contributed by atoms with Crippen molar-refractivity contribution in [1.29, 1.82) is 0 Å². The number of aryl methyl sites for hydroxylation is 1. The maximum absolute atomic E-state index is 6.66. The summed E-state index contributed by atoms with van der Waals surface area (Å²) in [7, 11) is 13.3. The molecule has 0 nitrogen and oxygen atoms in total. The predicted octanol–water partition coefficient (Wildman–Crippen LogP) is 8.23. The Kier molecular flexibility index (Phi) is 6.47. The number of hydrogen-bond acceptors (Lipinski definition) is 0. The van der Waals surface area contributed by atoms with Crippen molar-refractivity contribution in [2.24, 2.45) is 5.92 Å². The van der Waals surface area contributed by atoms with Crippen LogP contribution in [0.25, 0.3) is 17.2 Å². The fourth-order valence-corrected chi connectivity index (χ4v) is 9.93. The molecule has 1 aliphatic carbocycles. The molecule has 1 unspecified atom stereocenters. The van der Waals surface area contributed by atoms with E-state index >= 15 is 0 Å². The van der Waals surface area contributed by atoms with E-state index in [1.807, 2.05) is 0 Å². The molecule has 0 radical (unpaired) electrons. The maximum atomic E-state index is 6.66. The normalized spacial score (nSPS) is 16.5. The molecule has 27 heavy (non-hydrogen) atoms. The van der Waals surface area contributed by atoms with E-state index in [2.05, 4.69) is 84.0 Å². The molecule has 0 saturated heterocycles. The molecule has 0 N–H and O–H groups in total. The van der Waals surface area contributed by atoms with Crippen LogP contribution in [0.1, 0.15) is 67.4 Å². The van der Waals surface area contributed by atoms with Crippen LogP contribution in [0.15, 0.2) is 42.0 Å². The zero-order valence-corrected chi connectivity index (χ0v) is 21.1. The van der Waals surface area contributed by atoms with Gasteiger partial charge in [-0.25, -0.2) is 0 Å². The monoisotopic (exact) mass is 477 g/mol. The van der Waals surface area contributed by atoms with Crippen molar-refractivity contribution < 1.29 is 19.4 Å². The van der Waals surface area contributed by atoms with Crippen LogP contribution >= 0.6 is 17.0 Å². The van der Waals surface area contributed by atoms with Crippen molar-refractivity contribution in [2.75, 3.05) is 0 Å². The van der Waals surface area contributed by atoms with Crippen molar-refractivity contribution in [1.82, 2.24) is 0 Å². The van der Waals surface area contributed by atoms with Gasteiger partial charge >= 0.3 is 181 Å². The third kappa shape index (κ3) is 4.03. The van der Waals surface area contributed by atoms with Crippen molar-refractivity contribution >= 4 is 23.1 Å². The second-order valence-corrected chi connectivity index (χ2v) is 17.6. The Morgan fingerprint density at radius 1 is 1.04 bits per heavy atom. The van der Waals surface area contributed by atoms with Crippen LogP contribution in [0.4, 0.5) is 0 Å². The first-order valence-electron chi connectivity index (χ1n) is 9.81. The second kappa shape index (κ2) is 8.18. The molecule has 0 saturated carbocycles. The Morgan fingerprint density at radius 2 is 1.70 bits per heavy atom. The molecule has 143 valence electrons. The first-order chi connectivity index (χ1) is 12.7. The summed E-state index contributed by atoms with van der Waals surface area (Å²) in [4.78, 5) is 0. The standard InChI is InChI=1S/C24H29.2ClH.Zr/c1-7-17-10-8-9-11-20(17)23-21-15-19(16(2)3)14-18(21)12-13-22(23)24(4,5)6;;;/h8-16H,7H2,1-6H3;2*1H;/q;;;+2/p-2. The molecular weight excluding hydrogens is 450 g/mol. The summed E-state index contributed by atoms with van der Waals surface area (Å²) in [6.45, 7) is 13.7. The van der Waals surface area contributed by atoms with Crippen LogP contribution in [-0.4, -0.2) is 0 Å². The molecule has 0 aliphatic heterocycles. The summed E-state index contributed by atoms with van der Waals surface area (Å²) >= 11 is -2.49. The van der Waals surface area contributed by atoms with E-state index in [-0.39, 0.29) is 9.04 Å². The molecule has 1 atom stereocenters. The van der Waals surface area contributed by atoms with Gasteiger partial charge in [0.15, 0.2) is 0 Å². The molecule has 0 amide bonds. The predicted molar refractivity (Wildman–Crippen MR) is 117 cm³/mol. The van der Waals surface area contributed by atoms with E-state index in [4.69, 9.17) is 17.0 Å². The molecule has 2 aromatic carbocycles. The molecule has 1 aliphatic rings. The van der Waals surface area contributed by atoms with Crippen molar-refractivity contribution in [3.8, 4) is 11.1 Å². The summed E-state index contributed by atoms with van der Waals surface area (Å²) in [5.41, 5.74) is 9.74. The van der Waals surface area contributed by atoms with Gasteiger partial charge in [-0.05, 0) is 0 Å². The Labute approximate surface area is 179 Å². The van der Waals surface area contributed by atoms with E-state index in [0.717, 1.165) is 6.42 Å². The van der Waals surface area contributed by atoms with Crippen LogP contribution < -0.4 is 0 Å². The Hall–Kier alpha value is -0.357. The van der Waals surface area contributed by atoms with Gasteiger partial charge in [-0.1, -0.05) is 0 Å². The molecule has 0 spiro atoms. The van der Waals surface area contributed by atoms with Crippen molar-refractivity contribution in [2.45, 2.75) is 57.0 Å². The molecule has 0 fully saturated rings. The molecule has 2 aromatic rings. The number of hydrogen-bond donors (Lipinski definition) is 0. The summed E-state index contributed by atoms with van der Waals surface area (Å²) in [6.07, 6.45) is 3.44. The van der Waals surface area contributed by atoms with Gasteiger partial charge in [-0.3, -0.25) is 0 Å². The fourth-order valence-electron chi connectivity index (χ4n) is 4.20. The van der Waals surface area contributed by atoms with Gasteiger partial charge in [-0.15, -0.1) is 0 Å². The van der Waals surface area contributed by atoms with Crippen LogP contribution in [0.2, 0.25) is 0 Å². The zero-order valence-electron chi connectivity index (χ0n) is 17.2. The third-order valence-electron chi connectivity index (χ3n) is 5.60. The van der Waals surface area contributed by atoms with Crippen LogP contribution in [0, 0.1) is 5.92 Å². The first kappa shape index (κ1) is 21.4. The van der Waals surface area contributed by atoms with E-state index < -0.39 is 19.4 Å². The van der Waals surface area contributed by atoms with E-state index in [0.29, 0.717) is 5.92 Å². The van der Waals surface area contributed by atoms with E-state index in [1.54, 1.807) is 0 Å². The average molecular weight is 480 g/mol. The number of halogens is 2. The minimum absolute atomic E-state index is 0.0681. The topological polar surface area (TPSA) is 0 Å². The zero-order chi connectivity index (χ0) is 19.9. The van der Waals surface area contributed by atoms with Gasteiger partial charge in [0.1, 0.15) is 0 Å². The molecule has 0 bridgehead atoms. The summed E-state index contributed by atoms with van der Waals surface area (Å²) in [6, 6.07) is 13.5. The van der Waals surface area contributed by atoms with Gasteiger partial charge in [0.2, 0.25) is 0 Å². The molecular formula is C24H29Cl2Zr. The van der Waals surface area contributed by atoms with Crippen LogP contribution in [0.5, 0.6) is 0 Å². The quantitative estimate of drug-likeness (QED) is 0.414. The third-order valence-corrected chi connectivity index (χ3v) is 10.8. The Bertz CT molecular complexity index is 872. The number of fused-ring (bicyclic) bond motifs is 1. The van der Waals surface area contributed by atoms with Gasteiger partial charge in [0, 0.05) is 0 Å². The number of benzene rings is 2. The summed E-state index contributed by atoms with van der Waals surface area (Å²) in [5.74, 6) is 0.461. The fraction of sp³-hybridized carbons (Fsp3) is 0.417. The van der Waals surface area contributed by atoms with Gasteiger partial charge in [0.05, 0.1) is 0 Å². The average Bonchev–Trinajstić information content (AvgIpc) is 3.00. The first-order valence-corrected chi connectivity index (χ1v) is 17.6. The second-order valence-electron chi connectivity index (χ2n) is 8.77. The number of rotatable bonds is 4. The SMILES string of the molecule is CCc1ccccc1-c1c(C(C)(C)C)ccc2c1C=C(C(C)C)[CH]2[Zr]([Cl])[Cl]. The summed E-state index contributed by atoms with van der Waals surface area (Å²) < 4.78 is 0.271. The van der Waals surface area contributed by atoms with E-state index in [9.17, 15) is 0 Å². The van der Waals surface area contributed by atoms with Crippen LogP contribution in [0.3, 0.4) is 0 Å². The van der Waals surface area contributed by atoms with Gasteiger partial charge in [0.25, 0.3) is 0 Å². The number of allylic oxidation sites excluding steroid dienone is 1. The van der Waals surface area contributed by atoms with Crippen LogP contribution in [-0.2, 0) is 31.2 Å². The van der Waals surface area contributed by atoms with Gasteiger partial charge < -0.3 is 0 Å². The molecule has 0 aromatic heterocycles. The Balaban J connectivity index is 2.39. The Morgan fingerprint density at radius 3 is 2.26 bits per heavy atom. The van der Waals surface area contributed by atoms with Gasteiger partial charge in [-0.2, -0.15) is 0 Å². The van der Waals surface area contributed by atoms with Crippen molar-refractivity contribution in [3.05, 3.63) is 64.2 Å². The van der Waals surface area contributed by atoms with E-state index in [1.165, 1.54) is 39.0 Å². The van der Waals surface area contributed by atoms with Crippen molar-refractivity contribution in [3.63, 3.8) is 0 Å². The molecule has 3 heteroatoms. The summed E-state index contributed by atoms with van der Waals surface area (Å²) in [5, 5.41) is 0. The minimum atomic E-state index is -2.49.